The number of pyridine rings is 1. The number of hydrogen-bond donors (Lipinski definition) is 1. The average molecular weight is 287 g/mol. The summed E-state index contributed by atoms with van der Waals surface area (Å²) in [6.07, 6.45) is 1.80. The summed E-state index contributed by atoms with van der Waals surface area (Å²) in [4.78, 5) is 16.4. The molecule has 1 amide bonds. The Labute approximate surface area is 119 Å². The van der Waals surface area contributed by atoms with Crippen molar-refractivity contribution in [2.75, 3.05) is 5.32 Å². The van der Waals surface area contributed by atoms with Crippen molar-refractivity contribution >= 4 is 17.1 Å². The van der Waals surface area contributed by atoms with E-state index in [1.54, 1.807) is 29.7 Å². The molecule has 0 fully saturated rings. The van der Waals surface area contributed by atoms with Crippen LogP contribution in [-0.4, -0.2) is 15.3 Å². The van der Waals surface area contributed by atoms with Crippen LogP contribution in [0.15, 0.2) is 42.6 Å². The second kappa shape index (κ2) is 4.97. The molecule has 0 bridgehead atoms. The average Bonchev–Trinajstić information content (AvgIpc) is 2.81. The Balaban J connectivity index is 1.95. The lowest BCUT2D eigenvalue weighted by molar-refractivity contribution is 0.102. The number of amides is 1. The number of carbonyl (C=O) groups excluding carboxylic acids is 1. The maximum Gasteiger partial charge on any atom is 0.276 e. The minimum absolute atomic E-state index is 0.175. The molecule has 0 spiro atoms. The van der Waals surface area contributed by atoms with Gasteiger partial charge in [0, 0.05) is 18.0 Å². The summed E-state index contributed by atoms with van der Waals surface area (Å²) in [6.45, 7) is 1.78. The van der Waals surface area contributed by atoms with Crippen LogP contribution < -0.4 is 5.32 Å². The van der Waals surface area contributed by atoms with Crippen molar-refractivity contribution in [3.63, 3.8) is 0 Å². The van der Waals surface area contributed by atoms with Crippen molar-refractivity contribution in [2.24, 2.45) is 0 Å². The fourth-order valence-corrected chi connectivity index (χ4v) is 2.12. The zero-order valence-electron chi connectivity index (χ0n) is 11.1. The van der Waals surface area contributed by atoms with Crippen LogP contribution in [-0.2, 0) is 0 Å². The van der Waals surface area contributed by atoms with Crippen molar-refractivity contribution < 1.29 is 13.6 Å². The number of halogens is 2. The zero-order chi connectivity index (χ0) is 15.0. The standard InChI is InChI=1S/C15H11F2N3O/c1-9-18-14(13-4-2-3-7-20(9)13)15(21)19-10-5-6-11(16)12(17)8-10/h2-8H,1H3,(H,19,21). The maximum atomic E-state index is 13.1. The van der Waals surface area contributed by atoms with Gasteiger partial charge < -0.3 is 9.72 Å². The molecule has 2 aromatic heterocycles. The Bertz CT molecular complexity index is 842. The van der Waals surface area contributed by atoms with E-state index in [1.807, 2.05) is 6.07 Å². The number of benzene rings is 1. The molecule has 0 aliphatic heterocycles. The van der Waals surface area contributed by atoms with Gasteiger partial charge in [0.15, 0.2) is 17.3 Å². The number of hydrogen-bond acceptors (Lipinski definition) is 2. The smallest absolute Gasteiger partial charge is 0.276 e. The summed E-state index contributed by atoms with van der Waals surface area (Å²) in [5.74, 6) is -1.78. The van der Waals surface area contributed by atoms with E-state index in [0.717, 1.165) is 12.1 Å². The highest BCUT2D eigenvalue weighted by Crippen LogP contribution is 2.17. The van der Waals surface area contributed by atoms with Gasteiger partial charge in [0.05, 0.1) is 5.52 Å². The summed E-state index contributed by atoms with van der Waals surface area (Å²) in [6, 6.07) is 8.57. The molecule has 0 aliphatic rings. The molecule has 3 rings (SSSR count). The van der Waals surface area contributed by atoms with E-state index >= 15 is 0 Å². The third kappa shape index (κ3) is 2.35. The minimum atomic E-state index is -1.02. The van der Waals surface area contributed by atoms with Gasteiger partial charge in [-0.25, -0.2) is 13.8 Å². The Morgan fingerprint density at radius 3 is 2.76 bits per heavy atom. The number of nitrogens with zero attached hydrogens (tertiary/aromatic N) is 2. The van der Waals surface area contributed by atoms with Crippen LogP contribution in [0.25, 0.3) is 5.52 Å². The SMILES string of the molecule is Cc1nc(C(=O)Nc2ccc(F)c(F)c2)c2ccccn12. The Kier molecular flexibility index (Phi) is 3.13. The van der Waals surface area contributed by atoms with E-state index in [0.29, 0.717) is 11.3 Å². The molecule has 0 unspecified atom stereocenters. The van der Waals surface area contributed by atoms with Crippen LogP contribution in [0, 0.1) is 18.6 Å². The first kappa shape index (κ1) is 13.2. The molecular formula is C15H11F2N3O. The zero-order valence-corrected chi connectivity index (χ0v) is 11.1. The summed E-state index contributed by atoms with van der Waals surface area (Å²) in [7, 11) is 0. The lowest BCUT2D eigenvalue weighted by Crippen LogP contribution is -2.13. The second-order valence-electron chi connectivity index (χ2n) is 4.55. The van der Waals surface area contributed by atoms with Crippen molar-refractivity contribution in [3.05, 3.63) is 65.7 Å². The Morgan fingerprint density at radius 2 is 2.00 bits per heavy atom. The topological polar surface area (TPSA) is 46.4 Å². The molecule has 106 valence electrons. The van der Waals surface area contributed by atoms with Crippen LogP contribution in [0.2, 0.25) is 0 Å². The van der Waals surface area contributed by atoms with E-state index in [4.69, 9.17) is 0 Å². The molecule has 3 aromatic rings. The van der Waals surface area contributed by atoms with Gasteiger partial charge in [0.1, 0.15) is 5.82 Å². The van der Waals surface area contributed by atoms with Crippen molar-refractivity contribution in [2.45, 2.75) is 6.92 Å². The molecule has 0 radical (unpaired) electrons. The number of rotatable bonds is 2. The van der Waals surface area contributed by atoms with Crippen LogP contribution in [0.4, 0.5) is 14.5 Å². The van der Waals surface area contributed by atoms with Crippen molar-refractivity contribution in [3.8, 4) is 0 Å². The van der Waals surface area contributed by atoms with Crippen molar-refractivity contribution in [1.29, 1.82) is 0 Å². The van der Waals surface area contributed by atoms with Crippen molar-refractivity contribution in [1.82, 2.24) is 9.38 Å². The van der Waals surface area contributed by atoms with E-state index in [-0.39, 0.29) is 11.4 Å². The fraction of sp³-hybridized carbons (Fsp3) is 0.0667. The third-order valence-corrected chi connectivity index (χ3v) is 3.12. The number of fused-ring (bicyclic) bond motifs is 1. The van der Waals surface area contributed by atoms with Gasteiger partial charge in [-0.1, -0.05) is 6.07 Å². The first-order chi connectivity index (χ1) is 10.1. The van der Waals surface area contributed by atoms with Gasteiger partial charge >= 0.3 is 0 Å². The van der Waals surface area contributed by atoms with E-state index in [9.17, 15) is 13.6 Å². The number of nitrogens with one attached hydrogen (secondary N) is 1. The van der Waals surface area contributed by atoms with Gasteiger partial charge in [-0.15, -0.1) is 0 Å². The summed E-state index contributed by atoms with van der Waals surface area (Å²) in [5.41, 5.74) is 1.06. The predicted octanol–water partition coefficient (Wildman–Crippen LogP) is 3.17. The van der Waals surface area contributed by atoms with Crippen LogP contribution >= 0.6 is 0 Å². The Hall–Kier alpha value is -2.76. The van der Waals surface area contributed by atoms with Crippen LogP contribution in [0.3, 0.4) is 0 Å². The molecule has 2 heterocycles. The largest absolute Gasteiger partial charge is 0.320 e. The van der Waals surface area contributed by atoms with Gasteiger partial charge in [-0.2, -0.15) is 0 Å². The number of imidazole rings is 1. The highest BCUT2D eigenvalue weighted by Gasteiger charge is 2.16. The molecule has 21 heavy (non-hydrogen) atoms. The lowest BCUT2D eigenvalue weighted by Gasteiger charge is -2.04. The second-order valence-corrected chi connectivity index (χ2v) is 4.55. The molecule has 4 nitrogen and oxygen atoms in total. The molecule has 0 saturated heterocycles. The van der Waals surface area contributed by atoms with Gasteiger partial charge in [-0.3, -0.25) is 4.79 Å². The Morgan fingerprint density at radius 1 is 1.19 bits per heavy atom. The highest BCUT2D eigenvalue weighted by molar-refractivity contribution is 6.07. The normalized spacial score (nSPS) is 10.8. The molecular weight excluding hydrogens is 276 g/mol. The van der Waals surface area contributed by atoms with Gasteiger partial charge in [0.25, 0.3) is 5.91 Å². The quantitative estimate of drug-likeness (QED) is 0.787. The highest BCUT2D eigenvalue weighted by atomic mass is 19.2. The van der Waals surface area contributed by atoms with E-state index in [1.165, 1.54) is 6.07 Å². The first-order valence-corrected chi connectivity index (χ1v) is 6.26. The maximum absolute atomic E-state index is 13.1. The number of aromatic nitrogens is 2. The first-order valence-electron chi connectivity index (χ1n) is 6.26. The van der Waals surface area contributed by atoms with E-state index in [2.05, 4.69) is 10.3 Å². The molecule has 0 aliphatic carbocycles. The lowest BCUT2D eigenvalue weighted by atomic mass is 10.2. The number of carbonyl (C=O) groups is 1. The van der Waals surface area contributed by atoms with Crippen LogP contribution in [0.5, 0.6) is 0 Å². The molecule has 0 saturated carbocycles. The fourth-order valence-electron chi connectivity index (χ4n) is 2.12. The van der Waals surface area contributed by atoms with Crippen LogP contribution in [0.1, 0.15) is 16.3 Å². The molecule has 0 atom stereocenters. The predicted molar refractivity (Wildman–Crippen MR) is 74.2 cm³/mol. The summed E-state index contributed by atoms with van der Waals surface area (Å²) >= 11 is 0. The van der Waals surface area contributed by atoms with Gasteiger partial charge in [-0.05, 0) is 31.2 Å². The van der Waals surface area contributed by atoms with E-state index < -0.39 is 17.5 Å². The summed E-state index contributed by atoms with van der Waals surface area (Å²) < 4.78 is 27.8. The number of aryl methyl sites for hydroxylation is 1. The minimum Gasteiger partial charge on any atom is -0.320 e. The monoisotopic (exact) mass is 287 g/mol. The molecule has 6 heteroatoms. The molecule has 1 N–H and O–H groups in total. The summed E-state index contributed by atoms with van der Waals surface area (Å²) in [5, 5.41) is 2.51. The third-order valence-electron chi connectivity index (χ3n) is 3.12. The van der Waals surface area contributed by atoms with Gasteiger partial charge in [0.2, 0.25) is 0 Å². The number of anilines is 1. The molecule has 1 aromatic carbocycles.